The van der Waals surface area contributed by atoms with E-state index in [1.165, 1.54) is 0 Å². The first kappa shape index (κ1) is 13.7. The minimum Gasteiger partial charge on any atom is -0.480 e. The van der Waals surface area contributed by atoms with E-state index in [0.29, 0.717) is 12.2 Å². The molecule has 0 fully saturated rings. The summed E-state index contributed by atoms with van der Waals surface area (Å²) in [5.41, 5.74) is 0. The van der Waals surface area contributed by atoms with Crippen molar-refractivity contribution in [2.45, 2.75) is 37.8 Å². The number of nitrogens with one attached hydrogen (secondary N) is 2. The highest BCUT2D eigenvalue weighted by molar-refractivity contribution is 7.89. The topological polar surface area (TPSA) is 112 Å². The van der Waals surface area contributed by atoms with Gasteiger partial charge in [0.15, 0.2) is 5.03 Å². The molecular formula is C9H15N3O4S. The van der Waals surface area contributed by atoms with Gasteiger partial charge in [0.05, 0.1) is 6.20 Å². The second kappa shape index (κ2) is 5.28. The number of rotatable bonds is 6. The van der Waals surface area contributed by atoms with Crippen molar-refractivity contribution in [3.63, 3.8) is 0 Å². The van der Waals surface area contributed by atoms with E-state index < -0.39 is 22.0 Å². The zero-order valence-electron chi connectivity index (χ0n) is 9.60. The van der Waals surface area contributed by atoms with Gasteiger partial charge in [0.1, 0.15) is 11.9 Å². The van der Waals surface area contributed by atoms with Crippen molar-refractivity contribution in [2.24, 2.45) is 0 Å². The zero-order valence-corrected chi connectivity index (χ0v) is 10.4. The standard InChI is InChI=1S/C9H15N3O4S/c1-3-4-7(9(13)14)12-17(15,16)8-5-10-6(2)11-8/h5,7,12H,3-4H2,1-2H3,(H,10,11)(H,13,14)/t7-/m0/s1. The number of imidazole rings is 1. The molecule has 0 saturated carbocycles. The van der Waals surface area contributed by atoms with Crippen LogP contribution in [-0.2, 0) is 14.8 Å². The summed E-state index contributed by atoms with van der Waals surface area (Å²) in [5, 5.41) is 8.74. The zero-order chi connectivity index (χ0) is 13.1. The van der Waals surface area contributed by atoms with Gasteiger partial charge in [-0.05, 0) is 13.3 Å². The fourth-order valence-corrected chi connectivity index (χ4v) is 2.50. The van der Waals surface area contributed by atoms with Gasteiger partial charge < -0.3 is 10.1 Å². The van der Waals surface area contributed by atoms with Gasteiger partial charge in [-0.25, -0.2) is 13.4 Å². The summed E-state index contributed by atoms with van der Waals surface area (Å²) >= 11 is 0. The molecule has 0 bridgehead atoms. The Hall–Kier alpha value is -1.41. The molecule has 0 aromatic carbocycles. The number of aromatic amines is 1. The maximum atomic E-state index is 11.8. The Kier molecular flexibility index (Phi) is 4.24. The lowest BCUT2D eigenvalue weighted by molar-refractivity contribution is -0.139. The molecule has 1 heterocycles. The number of hydrogen-bond acceptors (Lipinski definition) is 4. The first-order chi connectivity index (χ1) is 7.86. The summed E-state index contributed by atoms with van der Waals surface area (Å²) in [6.45, 7) is 3.39. The van der Waals surface area contributed by atoms with Crippen LogP contribution in [0.15, 0.2) is 11.2 Å². The maximum absolute atomic E-state index is 11.8. The number of aryl methyl sites for hydroxylation is 1. The number of H-pyrrole nitrogens is 1. The number of aliphatic carboxylic acids is 1. The molecule has 7 nitrogen and oxygen atoms in total. The molecule has 3 N–H and O–H groups in total. The minimum atomic E-state index is -3.85. The minimum absolute atomic E-state index is 0.127. The van der Waals surface area contributed by atoms with E-state index in [1.54, 1.807) is 13.8 Å². The summed E-state index contributed by atoms with van der Waals surface area (Å²) in [4.78, 5) is 17.2. The Morgan fingerprint density at radius 2 is 2.29 bits per heavy atom. The molecular weight excluding hydrogens is 246 g/mol. The number of sulfonamides is 1. The lowest BCUT2D eigenvalue weighted by Crippen LogP contribution is -2.40. The van der Waals surface area contributed by atoms with Crippen LogP contribution in [0.2, 0.25) is 0 Å². The van der Waals surface area contributed by atoms with Crippen LogP contribution in [0.5, 0.6) is 0 Å². The average molecular weight is 261 g/mol. The first-order valence-electron chi connectivity index (χ1n) is 5.13. The molecule has 0 aliphatic heterocycles. The van der Waals surface area contributed by atoms with Crippen LogP contribution in [0.3, 0.4) is 0 Å². The second-order valence-corrected chi connectivity index (χ2v) is 5.32. The summed E-state index contributed by atoms with van der Waals surface area (Å²) in [7, 11) is -3.85. The van der Waals surface area contributed by atoms with Crippen LogP contribution in [0.1, 0.15) is 25.6 Å². The van der Waals surface area contributed by atoms with Gasteiger partial charge in [-0.15, -0.1) is 0 Å². The van der Waals surface area contributed by atoms with Crippen molar-refractivity contribution in [1.82, 2.24) is 14.7 Å². The molecule has 0 aliphatic carbocycles. The molecule has 17 heavy (non-hydrogen) atoms. The largest absolute Gasteiger partial charge is 0.480 e. The predicted octanol–water partition coefficient (Wildman–Crippen LogP) is 0.250. The highest BCUT2D eigenvalue weighted by atomic mass is 32.2. The predicted molar refractivity (Wildman–Crippen MR) is 60.0 cm³/mol. The van der Waals surface area contributed by atoms with Gasteiger partial charge >= 0.3 is 5.97 Å². The second-order valence-electron chi connectivity index (χ2n) is 3.63. The van der Waals surface area contributed by atoms with Crippen LogP contribution in [0.4, 0.5) is 0 Å². The van der Waals surface area contributed by atoms with E-state index in [0.717, 1.165) is 6.20 Å². The summed E-state index contributed by atoms with van der Waals surface area (Å²) in [6.07, 6.45) is 1.96. The van der Waals surface area contributed by atoms with Crippen molar-refractivity contribution in [2.75, 3.05) is 0 Å². The van der Waals surface area contributed by atoms with Crippen molar-refractivity contribution < 1.29 is 18.3 Å². The lowest BCUT2D eigenvalue weighted by atomic mass is 10.2. The number of carboxylic acids is 1. The summed E-state index contributed by atoms with van der Waals surface area (Å²) in [5.74, 6) is -0.737. The van der Waals surface area contributed by atoms with Crippen molar-refractivity contribution in [3.8, 4) is 0 Å². The smallest absolute Gasteiger partial charge is 0.321 e. The number of carbonyl (C=O) groups is 1. The maximum Gasteiger partial charge on any atom is 0.321 e. The van der Waals surface area contributed by atoms with Gasteiger partial charge in [0, 0.05) is 0 Å². The van der Waals surface area contributed by atoms with E-state index in [1.807, 2.05) is 0 Å². The van der Waals surface area contributed by atoms with Gasteiger partial charge in [-0.1, -0.05) is 13.3 Å². The third kappa shape index (κ3) is 3.53. The lowest BCUT2D eigenvalue weighted by Gasteiger charge is -2.12. The van der Waals surface area contributed by atoms with Crippen LogP contribution < -0.4 is 4.72 Å². The highest BCUT2D eigenvalue weighted by Crippen LogP contribution is 2.08. The Morgan fingerprint density at radius 1 is 1.65 bits per heavy atom. The van der Waals surface area contributed by atoms with Gasteiger partial charge in [-0.3, -0.25) is 4.79 Å². The van der Waals surface area contributed by atoms with E-state index in [4.69, 9.17) is 5.11 Å². The van der Waals surface area contributed by atoms with Gasteiger partial charge in [-0.2, -0.15) is 4.72 Å². The first-order valence-corrected chi connectivity index (χ1v) is 6.62. The molecule has 1 rings (SSSR count). The van der Waals surface area contributed by atoms with Crippen LogP contribution in [0, 0.1) is 6.92 Å². The Bertz CT molecular complexity index is 494. The van der Waals surface area contributed by atoms with Gasteiger partial charge in [0.25, 0.3) is 10.0 Å². The molecule has 0 unspecified atom stereocenters. The van der Waals surface area contributed by atoms with Gasteiger partial charge in [0.2, 0.25) is 0 Å². The number of nitrogens with zero attached hydrogens (tertiary/aromatic N) is 1. The molecule has 0 spiro atoms. The highest BCUT2D eigenvalue weighted by Gasteiger charge is 2.25. The Balaban J connectivity index is 2.88. The normalized spacial score (nSPS) is 13.5. The molecule has 96 valence electrons. The molecule has 0 aliphatic rings. The van der Waals surface area contributed by atoms with Crippen LogP contribution in [-0.4, -0.2) is 35.5 Å². The fourth-order valence-electron chi connectivity index (χ4n) is 1.31. The molecule has 1 aromatic heterocycles. The third-order valence-electron chi connectivity index (χ3n) is 2.14. The molecule has 1 atom stereocenters. The quantitative estimate of drug-likeness (QED) is 0.679. The third-order valence-corrected chi connectivity index (χ3v) is 3.52. The molecule has 1 aromatic rings. The fraction of sp³-hybridized carbons (Fsp3) is 0.556. The van der Waals surface area contributed by atoms with E-state index >= 15 is 0 Å². The van der Waals surface area contributed by atoms with Crippen LogP contribution in [0.25, 0.3) is 0 Å². The van der Waals surface area contributed by atoms with Crippen molar-refractivity contribution in [1.29, 1.82) is 0 Å². The van der Waals surface area contributed by atoms with Crippen LogP contribution >= 0.6 is 0 Å². The molecule has 0 amide bonds. The number of carboxylic acid groups (broad SMARTS) is 1. The number of hydrogen-bond donors (Lipinski definition) is 3. The summed E-state index contributed by atoms with van der Waals surface area (Å²) in [6, 6.07) is -1.12. The average Bonchev–Trinajstić information content (AvgIpc) is 2.64. The SMILES string of the molecule is CCC[C@H](NS(=O)(=O)c1cnc(C)[nH]1)C(=O)O. The van der Waals surface area contributed by atoms with E-state index in [9.17, 15) is 13.2 Å². The molecule has 0 radical (unpaired) electrons. The summed E-state index contributed by atoms with van der Waals surface area (Å²) < 4.78 is 25.7. The van der Waals surface area contributed by atoms with Crippen molar-refractivity contribution >= 4 is 16.0 Å². The van der Waals surface area contributed by atoms with E-state index in [2.05, 4.69) is 14.7 Å². The van der Waals surface area contributed by atoms with Crippen molar-refractivity contribution in [3.05, 3.63) is 12.0 Å². The Morgan fingerprint density at radius 3 is 2.71 bits per heavy atom. The Labute approximate surface area is 99.3 Å². The number of aromatic nitrogens is 2. The van der Waals surface area contributed by atoms with E-state index in [-0.39, 0.29) is 11.4 Å². The molecule has 8 heteroatoms. The monoisotopic (exact) mass is 261 g/mol. The molecule has 0 saturated heterocycles.